The van der Waals surface area contributed by atoms with Crippen molar-refractivity contribution in [3.05, 3.63) is 0 Å². The monoisotopic (exact) mass is 299 g/mol. The van der Waals surface area contributed by atoms with Crippen molar-refractivity contribution in [3.63, 3.8) is 0 Å². The summed E-state index contributed by atoms with van der Waals surface area (Å²) in [6.07, 6.45) is 3.35. The zero-order chi connectivity index (χ0) is 16.3. The lowest BCUT2D eigenvalue weighted by molar-refractivity contribution is -0.123. The minimum absolute atomic E-state index is 0.0112. The van der Waals surface area contributed by atoms with Crippen LogP contribution < -0.4 is 16.4 Å². The molecule has 0 saturated heterocycles. The molecule has 0 rings (SSSR count). The number of nitrogens with two attached hydrogens (primary N) is 1. The number of nitrogens with one attached hydrogen (secondary N) is 2. The molecule has 0 bridgehead atoms. The summed E-state index contributed by atoms with van der Waals surface area (Å²) in [7, 11) is 0. The molecule has 1 atom stereocenters. The summed E-state index contributed by atoms with van der Waals surface area (Å²) in [4.78, 5) is 33.7. The Morgan fingerprint density at radius 1 is 1.00 bits per heavy atom. The molecule has 0 aliphatic carbocycles. The molecule has 1 unspecified atom stereocenters. The summed E-state index contributed by atoms with van der Waals surface area (Å²) in [6, 6.07) is -0.390. The van der Waals surface area contributed by atoms with Crippen molar-refractivity contribution in [2.24, 2.45) is 11.7 Å². The van der Waals surface area contributed by atoms with Gasteiger partial charge in [0.1, 0.15) is 0 Å². The second kappa shape index (κ2) is 11.3. The van der Waals surface area contributed by atoms with E-state index in [-0.39, 0.29) is 23.5 Å². The minimum atomic E-state index is -0.390. The standard InChI is InChI=1S/C15H29N3O3/c1-11(2)15(21)13(16)7-4-5-9-18-14(20)8-6-10-17-12(3)19/h11,13H,4-10,16H2,1-3H3,(H,17,19)(H,18,20). The molecule has 21 heavy (non-hydrogen) atoms. The van der Waals surface area contributed by atoms with Crippen LogP contribution in [0.15, 0.2) is 0 Å². The average molecular weight is 299 g/mol. The van der Waals surface area contributed by atoms with Gasteiger partial charge in [0.05, 0.1) is 6.04 Å². The molecular formula is C15H29N3O3. The number of hydrogen-bond acceptors (Lipinski definition) is 4. The highest BCUT2D eigenvalue weighted by atomic mass is 16.2. The zero-order valence-corrected chi connectivity index (χ0v) is 13.4. The maximum Gasteiger partial charge on any atom is 0.220 e. The summed E-state index contributed by atoms with van der Waals surface area (Å²) in [5.74, 6) is -0.0223. The van der Waals surface area contributed by atoms with E-state index in [1.807, 2.05) is 13.8 Å². The quantitative estimate of drug-likeness (QED) is 0.490. The SMILES string of the molecule is CC(=O)NCCCC(=O)NCCCCC(N)C(=O)C(C)C. The normalized spacial score (nSPS) is 12.0. The lowest BCUT2D eigenvalue weighted by Gasteiger charge is -2.12. The molecule has 6 heteroatoms. The Morgan fingerprint density at radius 2 is 1.62 bits per heavy atom. The van der Waals surface area contributed by atoms with Crippen molar-refractivity contribution < 1.29 is 14.4 Å². The molecule has 0 aliphatic rings. The van der Waals surface area contributed by atoms with Gasteiger partial charge in [0.2, 0.25) is 11.8 Å². The number of Topliss-reactive ketones (excluding diaryl/α,β-unsaturated/α-hetero) is 1. The number of amides is 2. The van der Waals surface area contributed by atoms with Crippen LogP contribution in [0.1, 0.15) is 52.9 Å². The Kier molecular flexibility index (Phi) is 10.5. The molecule has 0 radical (unpaired) electrons. The summed E-state index contributed by atoms with van der Waals surface area (Å²) in [5.41, 5.74) is 5.79. The third-order valence-electron chi connectivity index (χ3n) is 3.15. The summed E-state index contributed by atoms with van der Waals surface area (Å²) in [5, 5.41) is 5.46. The van der Waals surface area contributed by atoms with Gasteiger partial charge in [-0.25, -0.2) is 0 Å². The van der Waals surface area contributed by atoms with Gasteiger partial charge in [-0.1, -0.05) is 13.8 Å². The predicted molar refractivity (Wildman–Crippen MR) is 82.6 cm³/mol. The Hall–Kier alpha value is -1.43. The van der Waals surface area contributed by atoms with E-state index in [0.717, 1.165) is 12.8 Å². The molecule has 4 N–H and O–H groups in total. The van der Waals surface area contributed by atoms with Crippen molar-refractivity contribution in [1.29, 1.82) is 0 Å². The first-order valence-electron chi connectivity index (χ1n) is 7.65. The fourth-order valence-electron chi connectivity index (χ4n) is 1.89. The molecule has 0 saturated carbocycles. The lowest BCUT2D eigenvalue weighted by Crippen LogP contribution is -2.34. The van der Waals surface area contributed by atoms with Crippen molar-refractivity contribution >= 4 is 17.6 Å². The van der Waals surface area contributed by atoms with Gasteiger partial charge >= 0.3 is 0 Å². The number of unbranched alkanes of at least 4 members (excludes halogenated alkanes) is 1. The largest absolute Gasteiger partial charge is 0.356 e. The van der Waals surface area contributed by atoms with E-state index < -0.39 is 6.04 Å². The van der Waals surface area contributed by atoms with Gasteiger partial charge in [-0.05, 0) is 25.7 Å². The first-order valence-corrected chi connectivity index (χ1v) is 7.65. The van der Waals surface area contributed by atoms with Crippen LogP contribution >= 0.6 is 0 Å². The fraction of sp³-hybridized carbons (Fsp3) is 0.800. The van der Waals surface area contributed by atoms with Crippen LogP contribution in [0.4, 0.5) is 0 Å². The second-order valence-corrected chi connectivity index (χ2v) is 5.60. The van der Waals surface area contributed by atoms with Crippen LogP contribution in [-0.4, -0.2) is 36.7 Å². The molecule has 0 aliphatic heterocycles. The molecular weight excluding hydrogens is 270 g/mol. The second-order valence-electron chi connectivity index (χ2n) is 5.60. The van der Waals surface area contributed by atoms with Crippen molar-refractivity contribution in [2.45, 2.75) is 58.9 Å². The van der Waals surface area contributed by atoms with Crippen LogP contribution in [0, 0.1) is 5.92 Å². The molecule has 0 spiro atoms. The molecule has 0 aromatic heterocycles. The van der Waals surface area contributed by atoms with Gasteiger partial charge in [-0.15, -0.1) is 0 Å². The molecule has 0 aromatic rings. The Balaban J connectivity index is 3.52. The van der Waals surface area contributed by atoms with Crippen molar-refractivity contribution in [2.75, 3.05) is 13.1 Å². The van der Waals surface area contributed by atoms with E-state index in [4.69, 9.17) is 5.73 Å². The van der Waals surface area contributed by atoms with Gasteiger partial charge in [0, 0.05) is 32.4 Å². The van der Waals surface area contributed by atoms with E-state index in [2.05, 4.69) is 10.6 Å². The van der Waals surface area contributed by atoms with Crippen LogP contribution in [0.2, 0.25) is 0 Å². The number of ketones is 1. The first kappa shape index (κ1) is 19.6. The van der Waals surface area contributed by atoms with E-state index >= 15 is 0 Å². The van der Waals surface area contributed by atoms with E-state index in [1.54, 1.807) is 0 Å². The topological polar surface area (TPSA) is 101 Å². The highest BCUT2D eigenvalue weighted by Crippen LogP contribution is 2.05. The summed E-state index contributed by atoms with van der Waals surface area (Å²) in [6.45, 7) is 6.28. The zero-order valence-electron chi connectivity index (χ0n) is 13.4. The molecule has 6 nitrogen and oxygen atoms in total. The van der Waals surface area contributed by atoms with Crippen LogP contribution in [0.3, 0.4) is 0 Å². The third-order valence-corrected chi connectivity index (χ3v) is 3.15. The molecule has 0 aromatic carbocycles. The van der Waals surface area contributed by atoms with E-state index in [9.17, 15) is 14.4 Å². The van der Waals surface area contributed by atoms with Gasteiger partial charge in [0.25, 0.3) is 0 Å². The van der Waals surface area contributed by atoms with Gasteiger partial charge in [-0.2, -0.15) is 0 Å². The van der Waals surface area contributed by atoms with Crippen LogP contribution in [0.25, 0.3) is 0 Å². The summed E-state index contributed by atoms with van der Waals surface area (Å²) >= 11 is 0. The summed E-state index contributed by atoms with van der Waals surface area (Å²) < 4.78 is 0. The van der Waals surface area contributed by atoms with E-state index in [1.165, 1.54) is 6.92 Å². The van der Waals surface area contributed by atoms with Gasteiger partial charge in [0.15, 0.2) is 5.78 Å². The maximum atomic E-state index is 11.6. The molecule has 0 fully saturated rings. The number of rotatable bonds is 11. The van der Waals surface area contributed by atoms with Crippen LogP contribution in [0.5, 0.6) is 0 Å². The first-order chi connectivity index (χ1) is 9.84. The lowest BCUT2D eigenvalue weighted by atomic mass is 9.98. The van der Waals surface area contributed by atoms with E-state index in [0.29, 0.717) is 32.4 Å². The minimum Gasteiger partial charge on any atom is -0.356 e. The van der Waals surface area contributed by atoms with Gasteiger partial charge < -0.3 is 16.4 Å². The number of hydrogen-bond donors (Lipinski definition) is 3. The Bertz CT molecular complexity index is 343. The maximum absolute atomic E-state index is 11.6. The van der Waals surface area contributed by atoms with Gasteiger partial charge in [-0.3, -0.25) is 14.4 Å². The third kappa shape index (κ3) is 11.0. The highest BCUT2D eigenvalue weighted by molar-refractivity contribution is 5.85. The molecule has 0 heterocycles. The fourth-order valence-corrected chi connectivity index (χ4v) is 1.89. The Labute approximate surface area is 127 Å². The molecule has 122 valence electrons. The number of carbonyl (C=O) groups is 3. The number of carbonyl (C=O) groups excluding carboxylic acids is 3. The van der Waals surface area contributed by atoms with Crippen molar-refractivity contribution in [1.82, 2.24) is 10.6 Å². The average Bonchev–Trinajstić information content (AvgIpc) is 2.41. The molecule has 2 amide bonds. The Morgan fingerprint density at radius 3 is 2.19 bits per heavy atom. The highest BCUT2D eigenvalue weighted by Gasteiger charge is 2.16. The van der Waals surface area contributed by atoms with Crippen LogP contribution in [-0.2, 0) is 14.4 Å². The predicted octanol–water partition coefficient (Wildman–Crippen LogP) is 0.742. The van der Waals surface area contributed by atoms with Crippen molar-refractivity contribution in [3.8, 4) is 0 Å². The smallest absolute Gasteiger partial charge is 0.220 e.